The van der Waals surface area contributed by atoms with Gasteiger partial charge in [-0.1, -0.05) is 18.2 Å². The molecule has 40 heavy (non-hydrogen) atoms. The third-order valence-corrected chi connectivity index (χ3v) is 6.39. The van der Waals surface area contributed by atoms with Crippen LogP contribution in [0.25, 0.3) is 16.9 Å². The lowest BCUT2D eigenvalue weighted by atomic mass is 9.95. The van der Waals surface area contributed by atoms with Crippen molar-refractivity contribution in [2.45, 2.75) is 31.9 Å². The van der Waals surface area contributed by atoms with Gasteiger partial charge in [0, 0.05) is 17.6 Å². The first-order valence-corrected chi connectivity index (χ1v) is 12.6. The summed E-state index contributed by atoms with van der Waals surface area (Å²) in [6, 6.07) is 16.9. The zero-order chi connectivity index (χ0) is 28.3. The molecule has 9 nitrogen and oxygen atoms in total. The van der Waals surface area contributed by atoms with Crippen LogP contribution in [0.1, 0.15) is 25.5 Å². The van der Waals surface area contributed by atoms with Crippen molar-refractivity contribution in [2.75, 3.05) is 11.1 Å². The van der Waals surface area contributed by atoms with Crippen LogP contribution in [0.4, 0.5) is 26.1 Å². The Kier molecular flexibility index (Phi) is 7.39. The Bertz CT molecular complexity index is 1710. The third kappa shape index (κ3) is 5.74. The largest absolute Gasteiger partial charge is 0.399 e. The van der Waals surface area contributed by atoms with Gasteiger partial charge in [0.1, 0.15) is 22.6 Å². The summed E-state index contributed by atoms with van der Waals surface area (Å²) in [5.41, 5.74) is 6.02. The zero-order valence-electron chi connectivity index (χ0n) is 21.6. The van der Waals surface area contributed by atoms with Crippen molar-refractivity contribution < 1.29 is 13.9 Å². The highest BCUT2D eigenvalue weighted by molar-refractivity contribution is 5.77. The molecule has 3 aromatic heterocycles. The number of rotatable bonds is 2. The molecule has 4 N–H and O–H groups in total. The normalized spacial score (nSPS) is 17.2. The zero-order valence-corrected chi connectivity index (χ0v) is 21.6. The van der Waals surface area contributed by atoms with E-state index in [1.54, 1.807) is 46.6 Å². The van der Waals surface area contributed by atoms with Crippen LogP contribution in [0.15, 0.2) is 89.9 Å². The lowest BCUT2D eigenvalue weighted by molar-refractivity contribution is 0.0443. The van der Waals surface area contributed by atoms with Gasteiger partial charge in [0.15, 0.2) is 11.5 Å². The van der Waals surface area contributed by atoms with Gasteiger partial charge in [-0.05, 0) is 80.4 Å². The van der Waals surface area contributed by atoms with Gasteiger partial charge >= 0.3 is 0 Å². The van der Waals surface area contributed by atoms with Crippen molar-refractivity contribution in [3.8, 4) is 5.82 Å². The molecule has 0 radical (unpaired) electrons. The van der Waals surface area contributed by atoms with E-state index < -0.39 is 5.60 Å². The third-order valence-electron chi connectivity index (χ3n) is 6.39. The van der Waals surface area contributed by atoms with E-state index >= 15 is 0 Å². The topological polar surface area (TPSA) is 124 Å². The SMILES string of the molecule is C[C@@]1(O)CC/C=C\Cn2c(=O)c3cnc(Nc4ccc(F)cc4)nc3n2-c2cccc1n2.Nc1ccc(F)cc1. The lowest BCUT2D eigenvalue weighted by Gasteiger charge is -2.22. The minimum Gasteiger partial charge on any atom is -0.399 e. The fourth-order valence-corrected chi connectivity index (χ4v) is 4.24. The molecule has 204 valence electrons. The second-order valence-corrected chi connectivity index (χ2v) is 9.48. The Balaban J connectivity index is 0.000000348. The Morgan fingerprint density at radius 1 is 0.975 bits per heavy atom. The molecule has 2 bridgehead atoms. The average Bonchev–Trinajstić information content (AvgIpc) is 3.21. The van der Waals surface area contributed by atoms with Crippen LogP contribution in [0, 0.1) is 11.6 Å². The van der Waals surface area contributed by atoms with Gasteiger partial charge in [0.2, 0.25) is 5.95 Å². The van der Waals surface area contributed by atoms with Gasteiger partial charge in [-0.25, -0.2) is 28.1 Å². The molecule has 1 atom stereocenters. The number of pyridine rings is 1. The summed E-state index contributed by atoms with van der Waals surface area (Å²) in [6.07, 6.45) is 6.48. The number of anilines is 3. The monoisotopic (exact) mass is 543 g/mol. The molecule has 2 aromatic carbocycles. The molecule has 1 aliphatic heterocycles. The first-order valence-electron chi connectivity index (χ1n) is 12.6. The highest BCUT2D eigenvalue weighted by Gasteiger charge is 2.26. The number of fused-ring (bicyclic) bond motifs is 6. The molecule has 0 aliphatic carbocycles. The Morgan fingerprint density at radius 3 is 2.38 bits per heavy atom. The van der Waals surface area contributed by atoms with Crippen LogP contribution in [-0.2, 0) is 12.1 Å². The summed E-state index contributed by atoms with van der Waals surface area (Å²) in [5, 5.41) is 14.3. The number of nitrogen functional groups attached to an aromatic ring is 1. The minimum absolute atomic E-state index is 0.240. The fourth-order valence-electron chi connectivity index (χ4n) is 4.24. The van der Waals surface area contributed by atoms with Gasteiger partial charge in [-0.3, -0.25) is 4.79 Å². The van der Waals surface area contributed by atoms with E-state index in [1.165, 1.54) is 42.6 Å². The summed E-state index contributed by atoms with van der Waals surface area (Å²) in [4.78, 5) is 26.6. The number of halogens is 2. The summed E-state index contributed by atoms with van der Waals surface area (Å²) in [5.74, 6) is 0.138. The summed E-state index contributed by atoms with van der Waals surface area (Å²) < 4.78 is 28.4. The van der Waals surface area contributed by atoms with Crippen LogP contribution < -0.4 is 16.6 Å². The lowest BCUT2D eigenvalue weighted by Crippen LogP contribution is -2.24. The van der Waals surface area contributed by atoms with E-state index in [2.05, 4.69) is 20.3 Å². The van der Waals surface area contributed by atoms with Crippen LogP contribution in [0.3, 0.4) is 0 Å². The van der Waals surface area contributed by atoms with Crippen molar-refractivity contribution in [1.29, 1.82) is 0 Å². The molecule has 5 aromatic rings. The molecule has 0 saturated carbocycles. The smallest absolute Gasteiger partial charge is 0.278 e. The van der Waals surface area contributed by atoms with E-state index in [1.807, 2.05) is 12.2 Å². The van der Waals surface area contributed by atoms with Gasteiger partial charge in [-0.15, -0.1) is 0 Å². The number of nitrogens with two attached hydrogens (primary N) is 1. The Morgan fingerprint density at radius 2 is 1.68 bits per heavy atom. The summed E-state index contributed by atoms with van der Waals surface area (Å²) in [6.45, 7) is 2.06. The van der Waals surface area contributed by atoms with Crippen molar-refractivity contribution in [1.82, 2.24) is 24.3 Å². The molecule has 4 heterocycles. The van der Waals surface area contributed by atoms with Crippen LogP contribution in [-0.4, -0.2) is 29.4 Å². The van der Waals surface area contributed by atoms with Crippen LogP contribution >= 0.6 is 0 Å². The van der Waals surface area contributed by atoms with Crippen molar-refractivity contribution in [3.05, 3.63) is 113 Å². The second kappa shape index (κ2) is 11.1. The van der Waals surface area contributed by atoms with Crippen molar-refractivity contribution >= 4 is 28.4 Å². The van der Waals surface area contributed by atoms with Gasteiger partial charge < -0.3 is 16.2 Å². The molecular formula is C29H27F2N7O2. The maximum absolute atomic E-state index is 13.2. The average molecular weight is 544 g/mol. The summed E-state index contributed by atoms with van der Waals surface area (Å²) >= 11 is 0. The molecule has 11 heteroatoms. The minimum atomic E-state index is -1.11. The number of aliphatic hydroxyl groups is 1. The highest BCUT2D eigenvalue weighted by Crippen LogP contribution is 2.27. The number of hydrogen-bond acceptors (Lipinski definition) is 7. The molecule has 0 spiro atoms. The molecular weight excluding hydrogens is 516 g/mol. The Hall–Kier alpha value is -4.90. The molecule has 0 amide bonds. The van der Waals surface area contributed by atoms with E-state index in [0.29, 0.717) is 53.3 Å². The highest BCUT2D eigenvalue weighted by atomic mass is 19.1. The molecule has 0 saturated heterocycles. The van der Waals surface area contributed by atoms with E-state index in [9.17, 15) is 18.7 Å². The predicted molar refractivity (Wildman–Crippen MR) is 149 cm³/mol. The van der Waals surface area contributed by atoms with Crippen LogP contribution in [0.2, 0.25) is 0 Å². The number of hydrogen-bond donors (Lipinski definition) is 3. The number of nitrogens with zero attached hydrogens (tertiary/aromatic N) is 5. The number of benzene rings is 2. The first-order chi connectivity index (χ1) is 19.2. The maximum Gasteiger partial charge on any atom is 0.278 e. The number of aromatic nitrogens is 5. The maximum atomic E-state index is 13.2. The quantitative estimate of drug-likeness (QED) is 0.215. The first kappa shape index (κ1) is 26.7. The molecule has 6 rings (SSSR count). The van der Waals surface area contributed by atoms with E-state index in [0.717, 1.165) is 0 Å². The van der Waals surface area contributed by atoms with Crippen molar-refractivity contribution in [2.24, 2.45) is 0 Å². The second-order valence-electron chi connectivity index (χ2n) is 9.48. The number of allylic oxidation sites excluding steroid dienone is 2. The van der Waals surface area contributed by atoms with Gasteiger partial charge in [-0.2, -0.15) is 4.98 Å². The van der Waals surface area contributed by atoms with Crippen molar-refractivity contribution in [3.63, 3.8) is 0 Å². The fraction of sp³-hybridized carbons (Fsp3) is 0.172. The molecule has 0 unspecified atom stereocenters. The Labute approximate surface area is 228 Å². The predicted octanol–water partition coefficient (Wildman–Crippen LogP) is 4.83. The summed E-state index contributed by atoms with van der Waals surface area (Å²) in [7, 11) is 0. The standard InChI is InChI=1S/C23H21FN6O2.C6H6FN/c1-23(32)12-3-2-4-13-29-21(31)17-14-25-22(26-16-10-8-15(24)9-11-16)28-20(17)30(29)19-7-5-6-18(23)27-19;7-5-1-3-6(8)4-2-5/h2,4-11,14,32H,3,12-13H2,1H3,(H,25,26,28);1-4H,8H2/b4-2-;/t23-;/m1./s1. The molecule has 0 fully saturated rings. The van der Waals surface area contributed by atoms with E-state index in [-0.39, 0.29) is 23.1 Å². The van der Waals surface area contributed by atoms with E-state index in [4.69, 9.17) is 5.73 Å². The van der Waals surface area contributed by atoms with Gasteiger partial charge in [0.25, 0.3) is 5.56 Å². The van der Waals surface area contributed by atoms with Crippen LogP contribution in [0.5, 0.6) is 0 Å². The van der Waals surface area contributed by atoms with Gasteiger partial charge in [0.05, 0.1) is 12.2 Å². The molecule has 1 aliphatic rings. The number of nitrogens with one attached hydrogen (secondary N) is 1.